The Bertz CT molecular complexity index is 898. The SMILES string of the molecule is CN=C(NCCOc1cccc(NC(C)=O)c1)NC1CCN(c2ncccc2Cl)C1.I. The Hall–Kier alpha value is -2.27. The van der Waals surface area contributed by atoms with Gasteiger partial charge in [-0.25, -0.2) is 4.98 Å². The Labute approximate surface area is 204 Å². The van der Waals surface area contributed by atoms with E-state index in [9.17, 15) is 4.79 Å². The van der Waals surface area contributed by atoms with Gasteiger partial charge in [-0.1, -0.05) is 17.7 Å². The highest BCUT2D eigenvalue weighted by Crippen LogP contribution is 2.25. The van der Waals surface area contributed by atoms with Gasteiger partial charge in [0.1, 0.15) is 18.2 Å². The van der Waals surface area contributed by atoms with Gasteiger partial charge in [0, 0.05) is 51.1 Å². The Morgan fingerprint density at radius 2 is 2.19 bits per heavy atom. The van der Waals surface area contributed by atoms with Crippen LogP contribution in [0.15, 0.2) is 47.6 Å². The molecule has 168 valence electrons. The summed E-state index contributed by atoms with van der Waals surface area (Å²) in [4.78, 5) is 22.0. The van der Waals surface area contributed by atoms with Crippen molar-refractivity contribution in [2.45, 2.75) is 19.4 Å². The number of anilines is 2. The lowest BCUT2D eigenvalue weighted by Crippen LogP contribution is -2.45. The van der Waals surface area contributed by atoms with E-state index in [2.05, 4.69) is 30.8 Å². The van der Waals surface area contributed by atoms with Crippen LogP contribution in [0.25, 0.3) is 0 Å². The monoisotopic (exact) mass is 558 g/mol. The van der Waals surface area contributed by atoms with E-state index in [0.29, 0.717) is 29.6 Å². The van der Waals surface area contributed by atoms with Crippen molar-refractivity contribution >= 4 is 58.9 Å². The second-order valence-electron chi connectivity index (χ2n) is 6.94. The van der Waals surface area contributed by atoms with Crippen molar-refractivity contribution < 1.29 is 9.53 Å². The predicted octanol–water partition coefficient (Wildman–Crippen LogP) is 3.13. The van der Waals surface area contributed by atoms with Crippen LogP contribution in [0.2, 0.25) is 5.02 Å². The van der Waals surface area contributed by atoms with Gasteiger partial charge in [0.05, 0.1) is 11.6 Å². The maximum atomic E-state index is 11.2. The first-order chi connectivity index (χ1) is 14.5. The third-order valence-corrected chi connectivity index (χ3v) is 4.90. The molecule has 0 spiro atoms. The Morgan fingerprint density at radius 3 is 2.94 bits per heavy atom. The van der Waals surface area contributed by atoms with E-state index in [1.807, 2.05) is 30.3 Å². The maximum absolute atomic E-state index is 11.2. The van der Waals surface area contributed by atoms with Gasteiger partial charge in [-0.2, -0.15) is 0 Å². The zero-order valence-corrected chi connectivity index (χ0v) is 20.7. The van der Waals surface area contributed by atoms with Gasteiger partial charge in [0.2, 0.25) is 5.91 Å². The lowest BCUT2D eigenvalue weighted by molar-refractivity contribution is -0.114. The van der Waals surface area contributed by atoms with E-state index in [1.165, 1.54) is 6.92 Å². The zero-order chi connectivity index (χ0) is 21.3. The largest absolute Gasteiger partial charge is 0.492 e. The summed E-state index contributed by atoms with van der Waals surface area (Å²) in [6.07, 6.45) is 2.73. The number of hydrogen-bond donors (Lipinski definition) is 3. The summed E-state index contributed by atoms with van der Waals surface area (Å²) < 4.78 is 5.75. The average molecular weight is 559 g/mol. The fourth-order valence-corrected chi connectivity index (χ4v) is 3.51. The average Bonchev–Trinajstić information content (AvgIpc) is 3.18. The van der Waals surface area contributed by atoms with Gasteiger partial charge in [-0.05, 0) is 30.7 Å². The topological polar surface area (TPSA) is 90.9 Å². The first kappa shape index (κ1) is 25.0. The molecule has 1 unspecified atom stereocenters. The molecule has 1 amide bonds. The smallest absolute Gasteiger partial charge is 0.221 e. The molecule has 1 aliphatic heterocycles. The molecule has 10 heteroatoms. The van der Waals surface area contributed by atoms with E-state index >= 15 is 0 Å². The quantitative estimate of drug-likeness (QED) is 0.209. The van der Waals surface area contributed by atoms with Crippen LogP contribution in [0.5, 0.6) is 5.75 Å². The molecule has 1 aromatic heterocycles. The molecular formula is C21H28ClIN6O2. The van der Waals surface area contributed by atoms with E-state index in [0.717, 1.165) is 31.3 Å². The van der Waals surface area contributed by atoms with Crippen molar-refractivity contribution in [2.75, 3.05) is 43.5 Å². The van der Waals surface area contributed by atoms with Crippen molar-refractivity contribution in [1.82, 2.24) is 15.6 Å². The number of hydrogen-bond acceptors (Lipinski definition) is 5. The van der Waals surface area contributed by atoms with Gasteiger partial charge < -0.3 is 25.6 Å². The van der Waals surface area contributed by atoms with Gasteiger partial charge in [0.15, 0.2) is 5.96 Å². The van der Waals surface area contributed by atoms with Gasteiger partial charge >= 0.3 is 0 Å². The second kappa shape index (κ2) is 12.6. The summed E-state index contributed by atoms with van der Waals surface area (Å²) in [6, 6.07) is 11.3. The number of halogens is 2. The Kier molecular flexibility index (Phi) is 10.1. The van der Waals surface area contributed by atoms with Crippen molar-refractivity contribution in [3.05, 3.63) is 47.6 Å². The standard InChI is InChI=1S/C21H27ClN6O2.HI/c1-15(29)26-16-5-3-6-18(13-16)30-12-10-25-21(23-2)27-17-8-11-28(14-17)20-19(22)7-4-9-24-20;/h3-7,9,13,17H,8,10-12,14H2,1-2H3,(H,26,29)(H2,23,25,27);1H. The van der Waals surface area contributed by atoms with E-state index in [1.54, 1.807) is 19.3 Å². The zero-order valence-electron chi connectivity index (χ0n) is 17.6. The normalized spacial score (nSPS) is 15.8. The fraction of sp³-hybridized carbons (Fsp3) is 0.381. The van der Waals surface area contributed by atoms with Crippen LogP contribution < -0.4 is 25.6 Å². The molecule has 1 aromatic carbocycles. The highest BCUT2D eigenvalue weighted by molar-refractivity contribution is 14.0. The number of nitrogens with zero attached hydrogens (tertiary/aromatic N) is 3. The van der Waals surface area contributed by atoms with Crippen LogP contribution in [0.3, 0.4) is 0 Å². The third-order valence-electron chi connectivity index (χ3n) is 4.61. The number of benzene rings is 1. The molecule has 8 nitrogen and oxygen atoms in total. The minimum absolute atomic E-state index is 0. The van der Waals surface area contributed by atoms with E-state index in [-0.39, 0.29) is 35.9 Å². The van der Waals surface area contributed by atoms with Gasteiger partial charge in [-0.3, -0.25) is 9.79 Å². The number of nitrogens with one attached hydrogen (secondary N) is 3. The molecule has 3 rings (SSSR count). The minimum atomic E-state index is -0.112. The highest BCUT2D eigenvalue weighted by atomic mass is 127. The van der Waals surface area contributed by atoms with Crippen molar-refractivity contribution in [3.8, 4) is 5.75 Å². The molecule has 0 radical (unpaired) electrons. The van der Waals surface area contributed by atoms with Crippen LogP contribution in [-0.4, -0.2) is 56.2 Å². The number of carbonyl (C=O) groups is 1. The first-order valence-corrected chi connectivity index (χ1v) is 10.3. The molecule has 3 N–H and O–H groups in total. The molecule has 1 saturated heterocycles. The number of ether oxygens (including phenoxy) is 1. The number of rotatable bonds is 7. The van der Waals surface area contributed by atoms with Crippen LogP contribution in [0.1, 0.15) is 13.3 Å². The molecular weight excluding hydrogens is 531 g/mol. The Morgan fingerprint density at radius 1 is 1.35 bits per heavy atom. The van der Waals surface area contributed by atoms with E-state index in [4.69, 9.17) is 16.3 Å². The van der Waals surface area contributed by atoms with Gasteiger partial charge in [-0.15, -0.1) is 24.0 Å². The number of aromatic nitrogens is 1. The van der Waals surface area contributed by atoms with Crippen LogP contribution in [-0.2, 0) is 4.79 Å². The molecule has 1 atom stereocenters. The number of aliphatic imine (C=N–C) groups is 1. The first-order valence-electron chi connectivity index (χ1n) is 9.88. The number of carbonyl (C=O) groups excluding carboxylic acids is 1. The Balaban J connectivity index is 0.00000341. The number of pyridine rings is 1. The van der Waals surface area contributed by atoms with Crippen LogP contribution >= 0.6 is 35.6 Å². The summed E-state index contributed by atoms with van der Waals surface area (Å²) >= 11 is 6.26. The fourth-order valence-electron chi connectivity index (χ4n) is 3.27. The maximum Gasteiger partial charge on any atom is 0.221 e. The lowest BCUT2D eigenvalue weighted by atomic mass is 10.3. The predicted molar refractivity (Wildman–Crippen MR) is 136 cm³/mol. The van der Waals surface area contributed by atoms with Crippen LogP contribution in [0.4, 0.5) is 11.5 Å². The number of guanidine groups is 1. The summed E-state index contributed by atoms with van der Waals surface area (Å²) in [5.41, 5.74) is 0.712. The van der Waals surface area contributed by atoms with Gasteiger partial charge in [0.25, 0.3) is 0 Å². The molecule has 2 heterocycles. The lowest BCUT2D eigenvalue weighted by Gasteiger charge is -2.20. The highest BCUT2D eigenvalue weighted by Gasteiger charge is 2.25. The van der Waals surface area contributed by atoms with Crippen molar-refractivity contribution in [3.63, 3.8) is 0 Å². The van der Waals surface area contributed by atoms with Crippen molar-refractivity contribution in [1.29, 1.82) is 0 Å². The molecule has 0 aliphatic carbocycles. The van der Waals surface area contributed by atoms with Crippen LogP contribution in [0, 0.1) is 0 Å². The second-order valence-corrected chi connectivity index (χ2v) is 7.35. The molecule has 2 aromatic rings. The van der Waals surface area contributed by atoms with E-state index < -0.39 is 0 Å². The molecule has 1 aliphatic rings. The summed E-state index contributed by atoms with van der Waals surface area (Å²) in [7, 11) is 1.75. The molecule has 1 fully saturated rings. The third kappa shape index (κ3) is 7.73. The summed E-state index contributed by atoms with van der Waals surface area (Å²) in [5.74, 6) is 2.13. The summed E-state index contributed by atoms with van der Waals surface area (Å²) in [6.45, 7) is 4.23. The number of amides is 1. The van der Waals surface area contributed by atoms with Crippen molar-refractivity contribution in [2.24, 2.45) is 4.99 Å². The summed E-state index contributed by atoms with van der Waals surface area (Å²) in [5, 5.41) is 10.1. The molecule has 0 bridgehead atoms. The molecule has 31 heavy (non-hydrogen) atoms. The minimum Gasteiger partial charge on any atom is -0.492 e. The molecule has 0 saturated carbocycles.